The Kier molecular flexibility index (Phi) is 5.43. The van der Waals surface area contributed by atoms with Gasteiger partial charge in [0.25, 0.3) is 0 Å². The first-order valence-electron chi connectivity index (χ1n) is 4.92. The van der Waals surface area contributed by atoms with E-state index in [1.165, 1.54) is 0 Å². The molecule has 1 atom stereocenters. The van der Waals surface area contributed by atoms with Gasteiger partial charge in [0.1, 0.15) is 0 Å². The Morgan fingerprint density at radius 3 is 2.87 bits per heavy atom. The average molecular weight is 293 g/mol. The van der Waals surface area contributed by atoms with Crippen LogP contribution in [-0.4, -0.2) is 19.3 Å². The molecule has 0 aliphatic heterocycles. The highest BCUT2D eigenvalue weighted by Gasteiger charge is 2.05. The van der Waals surface area contributed by atoms with Gasteiger partial charge in [-0.2, -0.15) is 0 Å². The molecule has 15 heavy (non-hydrogen) atoms. The lowest BCUT2D eigenvalue weighted by Crippen LogP contribution is -2.21. The average Bonchev–Trinajstić information content (AvgIpc) is 2.19. The molecule has 84 valence electrons. The third-order valence-corrected chi connectivity index (χ3v) is 2.71. The summed E-state index contributed by atoms with van der Waals surface area (Å²) in [5.74, 6) is 0. The van der Waals surface area contributed by atoms with E-state index in [0.717, 1.165) is 16.8 Å². The smallest absolute Gasteiger partial charge is 0.0664 e. The molecule has 0 spiro atoms. The van der Waals surface area contributed by atoms with Crippen molar-refractivity contribution in [1.82, 2.24) is 0 Å². The van der Waals surface area contributed by atoms with Crippen LogP contribution in [0.15, 0.2) is 22.7 Å². The lowest BCUT2D eigenvalue weighted by atomic mass is 10.3. The van der Waals surface area contributed by atoms with E-state index in [1.54, 1.807) is 0 Å². The minimum Gasteiger partial charge on any atom is -0.380 e. The minimum absolute atomic E-state index is 0.253. The van der Waals surface area contributed by atoms with Crippen LogP contribution >= 0.6 is 27.5 Å². The zero-order valence-electron chi connectivity index (χ0n) is 8.89. The van der Waals surface area contributed by atoms with E-state index in [1.807, 2.05) is 25.1 Å². The summed E-state index contributed by atoms with van der Waals surface area (Å²) < 4.78 is 6.30. The molecule has 1 N–H and O–H groups in total. The molecule has 0 heterocycles. The first kappa shape index (κ1) is 12.8. The lowest BCUT2D eigenvalue weighted by Gasteiger charge is -2.16. The molecule has 0 saturated heterocycles. The van der Waals surface area contributed by atoms with E-state index >= 15 is 0 Å². The molecular weight excluding hydrogens is 277 g/mol. The minimum atomic E-state index is 0.253. The van der Waals surface area contributed by atoms with Gasteiger partial charge in [-0.15, -0.1) is 0 Å². The van der Waals surface area contributed by atoms with Gasteiger partial charge in [-0.1, -0.05) is 27.5 Å². The summed E-state index contributed by atoms with van der Waals surface area (Å²) in [6.07, 6.45) is 0. The van der Waals surface area contributed by atoms with E-state index in [0.29, 0.717) is 11.6 Å². The highest BCUT2D eigenvalue weighted by Crippen LogP contribution is 2.26. The highest BCUT2D eigenvalue weighted by molar-refractivity contribution is 9.10. The number of anilines is 1. The van der Waals surface area contributed by atoms with Crippen molar-refractivity contribution >= 4 is 33.2 Å². The predicted octanol–water partition coefficient (Wildman–Crippen LogP) is 3.94. The van der Waals surface area contributed by atoms with Crippen molar-refractivity contribution in [3.8, 4) is 0 Å². The Bertz CT molecular complexity index is 319. The Labute approximate surface area is 104 Å². The van der Waals surface area contributed by atoms with Crippen LogP contribution in [0.5, 0.6) is 0 Å². The molecule has 1 aromatic rings. The fourth-order valence-corrected chi connectivity index (χ4v) is 1.94. The summed E-state index contributed by atoms with van der Waals surface area (Å²) >= 11 is 9.44. The summed E-state index contributed by atoms with van der Waals surface area (Å²) in [5, 5.41) is 4.01. The molecule has 1 rings (SSSR count). The van der Waals surface area contributed by atoms with Crippen molar-refractivity contribution in [3.63, 3.8) is 0 Å². The Hall–Kier alpha value is -0.250. The maximum atomic E-state index is 6.07. The summed E-state index contributed by atoms with van der Waals surface area (Å²) in [6.45, 7) is 5.47. The molecule has 0 aliphatic rings. The van der Waals surface area contributed by atoms with Crippen molar-refractivity contribution in [3.05, 3.63) is 27.7 Å². The maximum Gasteiger partial charge on any atom is 0.0664 e. The third kappa shape index (κ3) is 4.41. The molecule has 0 saturated carbocycles. The zero-order chi connectivity index (χ0) is 11.3. The summed E-state index contributed by atoms with van der Waals surface area (Å²) in [4.78, 5) is 0. The van der Waals surface area contributed by atoms with Gasteiger partial charge in [-0.3, -0.25) is 0 Å². The highest BCUT2D eigenvalue weighted by atomic mass is 79.9. The number of rotatable bonds is 5. The van der Waals surface area contributed by atoms with Crippen LogP contribution in [0.1, 0.15) is 13.8 Å². The van der Waals surface area contributed by atoms with Crippen LogP contribution in [-0.2, 0) is 4.74 Å². The normalized spacial score (nSPS) is 12.5. The van der Waals surface area contributed by atoms with E-state index in [2.05, 4.69) is 28.2 Å². The number of benzene rings is 1. The summed E-state index contributed by atoms with van der Waals surface area (Å²) in [6, 6.07) is 6.04. The van der Waals surface area contributed by atoms with Crippen molar-refractivity contribution in [2.24, 2.45) is 0 Å². The molecule has 0 aliphatic carbocycles. The molecule has 0 bridgehead atoms. The van der Waals surface area contributed by atoms with Crippen molar-refractivity contribution in [2.75, 3.05) is 18.5 Å². The van der Waals surface area contributed by atoms with Crippen LogP contribution in [0.25, 0.3) is 0 Å². The van der Waals surface area contributed by atoms with Gasteiger partial charge in [0.15, 0.2) is 0 Å². The second kappa shape index (κ2) is 6.36. The third-order valence-electron chi connectivity index (χ3n) is 1.91. The van der Waals surface area contributed by atoms with Gasteiger partial charge in [-0.05, 0) is 32.0 Å². The molecule has 0 aromatic heterocycles. The molecular formula is C11H15BrClNO. The van der Waals surface area contributed by atoms with Gasteiger partial charge >= 0.3 is 0 Å². The fourth-order valence-electron chi connectivity index (χ4n) is 1.21. The molecule has 0 fully saturated rings. The van der Waals surface area contributed by atoms with Gasteiger partial charge < -0.3 is 10.1 Å². The number of hydrogen-bond donors (Lipinski definition) is 1. The first-order chi connectivity index (χ1) is 7.13. The van der Waals surface area contributed by atoms with Crippen molar-refractivity contribution in [1.29, 1.82) is 0 Å². The SMILES string of the molecule is CCOCC(C)Nc1ccc(Br)cc1Cl. The monoisotopic (exact) mass is 291 g/mol. The van der Waals surface area contributed by atoms with E-state index < -0.39 is 0 Å². The van der Waals surface area contributed by atoms with Crippen LogP contribution < -0.4 is 5.32 Å². The molecule has 2 nitrogen and oxygen atoms in total. The number of halogens is 2. The van der Waals surface area contributed by atoms with E-state index in [-0.39, 0.29) is 6.04 Å². The van der Waals surface area contributed by atoms with Gasteiger partial charge in [0.2, 0.25) is 0 Å². The van der Waals surface area contributed by atoms with Gasteiger partial charge in [-0.25, -0.2) is 0 Å². The maximum absolute atomic E-state index is 6.07. The second-order valence-corrected chi connectivity index (χ2v) is 4.65. The molecule has 4 heteroatoms. The number of nitrogens with one attached hydrogen (secondary N) is 1. The van der Waals surface area contributed by atoms with Crippen LogP contribution in [0.2, 0.25) is 5.02 Å². The van der Waals surface area contributed by atoms with Gasteiger partial charge in [0, 0.05) is 17.1 Å². The summed E-state index contributed by atoms with van der Waals surface area (Å²) in [5.41, 5.74) is 0.937. The number of ether oxygens (including phenoxy) is 1. The molecule has 1 unspecified atom stereocenters. The molecule has 0 radical (unpaired) electrons. The van der Waals surface area contributed by atoms with Crippen LogP contribution in [0.4, 0.5) is 5.69 Å². The van der Waals surface area contributed by atoms with E-state index in [4.69, 9.17) is 16.3 Å². The summed E-state index contributed by atoms with van der Waals surface area (Å²) in [7, 11) is 0. The van der Waals surface area contributed by atoms with Crippen LogP contribution in [0.3, 0.4) is 0 Å². The molecule has 1 aromatic carbocycles. The topological polar surface area (TPSA) is 21.3 Å². The Morgan fingerprint density at radius 2 is 2.27 bits per heavy atom. The first-order valence-corrected chi connectivity index (χ1v) is 6.10. The quantitative estimate of drug-likeness (QED) is 0.887. The Balaban J connectivity index is 2.56. The van der Waals surface area contributed by atoms with Crippen LogP contribution in [0, 0.1) is 0 Å². The standard InChI is InChI=1S/C11H15BrClNO/c1-3-15-7-8(2)14-11-5-4-9(12)6-10(11)13/h4-6,8,14H,3,7H2,1-2H3. The Morgan fingerprint density at radius 1 is 1.53 bits per heavy atom. The second-order valence-electron chi connectivity index (χ2n) is 3.33. The van der Waals surface area contributed by atoms with Crippen molar-refractivity contribution in [2.45, 2.75) is 19.9 Å². The molecule has 0 amide bonds. The zero-order valence-corrected chi connectivity index (χ0v) is 11.2. The largest absolute Gasteiger partial charge is 0.380 e. The predicted molar refractivity (Wildman–Crippen MR) is 68.7 cm³/mol. The van der Waals surface area contributed by atoms with E-state index in [9.17, 15) is 0 Å². The van der Waals surface area contributed by atoms with Gasteiger partial charge in [0.05, 0.1) is 17.3 Å². The lowest BCUT2D eigenvalue weighted by molar-refractivity contribution is 0.141. The fraction of sp³-hybridized carbons (Fsp3) is 0.455. The number of hydrogen-bond acceptors (Lipinski definition) is 2. The van der Waals surface area contributed by atoms with Crippen molar-refractivity contribution < 1.29 is 4.74 Å².